The minimum Gasteiger partial charge on any atom is -0.451 e. The van der Waals surface area contributed by atoms with E-state index in [1.54, 1.807) is 30.3 Å². The molecule has 1 fully saturated rings. The normalized spacial score (nSPS) is 14.7. The van der Waals surface area contributed by atoms with Crippen molar-refractivity contribution in [3.63, 3.8) is 0 Å². The molecule has 1 amide bonds. The molecule has 6 heteroatoms. The number of hydrogen-bond donors (Lipinski definition) is 2. The van der Waals surface area contributed by atoms with Gasteiger partial charge in [-0.3, -0.25) is 4.79 Å². The Morgan fingerprint density at radius 1 is 0.966 bits per heavy atom. The minimum atomic E-state index is -0.381. The summed E-state index contributed by atoms with van der Waals surface area (Å²) in [5.41, 5.74) is 2.64. The van der Waals surface area contributed by atoms with Crippen molar-refractivity contribution in [1.29, 1.82) is 0 Å². The van der Waals surface area contributed by atoms with Crippen LogP contribution >= 0.6 is 0 Å². The highest BCUT2D eigenvalue weighted by molar-refractivity contribution is 5.92. The smallest absolute Gasteiger partial charge is 0.287 e. The number of nitrogens with one attached hydrogen (secondary N) is 2. The molecule has 150 valence electrons. The van der Waals surface area contributed by atoms with Crippen molar-refractivity contribution in [3.05, 3.63) is 83.4 Å². The van der Waals surface area contributed by atoms with Crippen LogP contribution in [0.15, 0.2) is 65.1 Å². The molecule has 1 aliphatic rings. The molecule has 1 aliphatic heterocycles. The van der Waals surface area contributed by atoms with Gasteiger partial charge >= 0.3 is 0 Å². The summed E-state index contributed by atoms with van der Waals surface area (Å²) in [7, 11) is 0. The molecule has 4 rings (SSSR count). The van der Waals surface area contributed by atoms with Gasteiger partial charge in [0, 0.05) is 12.1 Å². The van der Waals surface area contributed by atoms with Crippen LogP contribution in [0.3, 0.4) is 0 Å². The van der Waals surface area contributed by atoms with E-state index in [2.05, 4.69) is 11.4 Å². The van der Waals surface area contributed by atoms with E-state index in [1.807, 2.05) is 18.2 Å². The lowest BCUT2D eigenvalue weighted by Gasteiger charge is -2.24. The molecule has 0 aliphatic carbocycles. The Morgan fingerprint density at radius 2 is 1.69 bits per heavy atom. The molecule has 2 aromatic carbocycles. The van der Waals surface area contributed by atoms with E-state index in [9.17, 15) is 9.18 Å². The Balaban J connectivity index is 1.41. The fourth-order valence-electron chi connectivity index (χ4n) is 3.54. The number of rotatable bonds is 6. The third-order valence-electron chi connectivity index (χ3n) is 5.17. The summed E-state index contributed by atoms with van der Waals surface area (Å²) in [6, 6.07) is 17.7. The topological polar surface area (TPSA) is 55.9 Å². The maximum absolute atomic E-state index is 13.9. The molecule has 1 saturated heterocycles. The van der Waals surface area contributed by atoms with Gasteiger partial charge in [0.15, 0.2) is 5.76 Å². The molecule has 2 heterocycles. The number of furan rings is 1. The summed E-state index contributed by atoms with van der Waals surface area (Å²) in [6.45, 7) is 4.88. The summed E-state index contributed by atoms with van der Waals surface area (Å²) in [5, 5.41) is 2.91. The second-order valence-electron chi connectivity index (χ2n) is 7.13. The second kappa shape index (κ2) is 9.03. The van der Waals surface area contributed by atoms with Gasteiger partial charge in [0.25, 0.3) is 5.91 Å². The van der Waals surface area contributed by atoms with Crippen LogP contribution in [0, 0.1) is 5.82 Å². The standard InChI is InChI=1S/C23H23FN2O3/c24-20-8-4-3-7-19(20)21-9-10-22(29-21)23(27)25-15-17-5-1-2-6-18(17)16-26-11-13-28-14-12-26/h1-10H,11-16H2,(H,25,27)/p+1. The molecular formula is C23H24FN2O3+. The fraction of sp³-hybridized carbons (Fsp3) is 0.261. The Bertz CT molecular complexity index is 980. The zero-order chi connectivity index (χ0) is 20.1. The first-order chi connectivity index (χ1) is 14.2. The van der Waals surface area contributed by atoms with E-state index in [4.69, 9.17) is 9.15 Å². The van der Waals surface area contributed by atoms with E-state index in [0.717, 1.165) is 38.4 Å². The van der Waals surface area contributed by atoms with Crippen LogP contribution < -0.4 is 10.2 Å². The van der Waals surface area contributed by atoms with Crippen molar-refractivity contribution < 1.29 is 23.2 Å². The van der Waals surface area contributed by atoms with Gasteiger partial charge in [0.2, 0.25) is 0 Å². The van der Waals surface area contributed by atoms with Crippen LogP contribution in [0.2, 0.25) is 0 Å². The maximum atomic E-state index is 13.9. The first kappa shape index (κ1) is 19.4. The number of morpholine rings is 1. The number of benzene rings is 2. The van der Waals surface area contributed by atoms with Gasteiger partial charge in [-0.15, -0.1) is 0 Å². The van der Waals surface area contributed by atoms with Crippen LogP contribution in [0.1, 0.15) is 21.7 Å². The molecule has 0 atom stereocenters. The van der Waals surface area contributed by atoms with Gasteiger partial charge in [0.05, 0.1) is 18.8 Å². The van der Waals surface area contributed by atoms with Crippen LogP contribution in [-0.4, -0.2) is 32.2 Å². The highest BCUT2D eigenvalue weighted by atomic mass is 19.1. The zero-order valence-electron chi connectivity index (χ0n) is 16.1. The molecule has 0 spiro atoms. The van der Waals surface area contributed by atoms with Gasteiger partial charge in [-0.05, 0) is 29.8 Å². The number of carbonyl (C=O) groups excluding carboxylic acids is 1. The van der Waals surface area contributed by atoms with E-state index >= 15 is 0 Å². The van der Waals surface area contributed by atoms with Crippen molar-refractivity contribution in [3.8, 4) is 11.3 Å². The molecule has 2 N–H and O–H groups in total. The lowest BCUT2D eigenvalue weighted by molar-refractivity contribution is -0.921. The monoisotopic (exact) mass is 395 g/mol. The molecule has 0 unspecified atom stereocenters. The lowest BCUT2D eigenvalue weighted by Crippen LogP contribution is -3.12. The van der Waals surface area contributed by atoms with Crippen molar-refractivity contribution in [1.82, 2.24) is 5.32 Å². The SMILES string of the molecule is O=C(NCc1ccccc1C[NH+]1CCOCC1)c1ccc(-c2ccccc2F)o1. The van der Waals surface area contributed by atoms with Crippen LogP contribution in [-0.2, 0) is 17.8 Å². The molecular weight excluding hydrogens is 371 g/mol. The summed E-state index contributed by atoms with van der Waals surface area (Å²) in [4.78, 5) is 14.0. The number of quaternary nitrogens is 1. The first-order valence-electron chi connectivity index (χ1n) is 9.82. The Kier molecular flexibility index (Phi) is 6.03. The number of amides is 1. The predicted octanol–water partition coefficient (Wildman–Crippen LogP) is 2.43. The fourth-order valence-corrected chi connectivity index (χ4v) is 3.54. The van der Waals surface area contributed by atoms with Crippen LogP contribution in [0.5, 0.6) is 0 Å². The molecule has 1 aromatic heterocycles. The average molecular weight is 395 g/mol. The van der Waals surface area contributed by atoms with Gasteiger partial charge < -0.3 is 19.4 Å². The van der Waals surface area contributed by atoms with E-state index in [-0.39, 0.29) is 17.5 Å². The van der Waals surface area contributed by atoms with Crippen molar-refractivity contribution in [2.45, 2.75) is 13.1 Å². The van der Waals surface area contributed by atoms with Crippen LogP contribution in [0.4, 0.5) is 4.39 Å². The lowest BCUT2D eigenvalue weighted by atomic mass is 10.1. The molecule has 29 heavy (non-hydrogen) atoms. The summed E-state index contributed by atoms with van der Waals surface area (Å²) < 4.78 is 24.9. The van der Waals surface area contributed by atoms with Gasteiger partial charge in [-0.25, -0.2) is 4.39 Å². The van der Waals surface area contributed by atoms with Crippen LogP contribution in [0.25, 0.3) is 11.3 Å². The van der Waals surface area contributed by atoms with Crippen molar-refractivity contribution in [2.24, 2.45) is 0 Å². The Hall–Kier alpha value is -2.96. The van der Waals surface area contributed by atoms with E-state index in [0.29, 0.717) is 17.9 Å². The number of hydrogen-bond acceptors (Lipinski definition) is 3. The van der Waals surface area contributed by atoms with Crippen molar-refractivity contribution >= 4 is 5.91 Å². The van der Waals surface area contributed by atoms with E-state index in [1.165, 1.54) is 16.5 Å². The Labute approximate surface area is 169 Å². The quantitative estimate of drug-likeness (QED) is 0.674. The summed E-state index contributed by atoms with van der Waals surface area (Å²) in [6.07, 6.45) is 0. The van der Waals surface area contributed by atoms with E-state index < -0.39 is 0 Å². The van der Waals surface area contributed by atoms with Gasteiger partial charge in [-0.2, -0.15) is 0 Å². The molecule has 3 aromatic rings. The maximum Gasteiger partial charge on any atom is 0.287 e. The summed E-state index contributed by atoms with van der Waals surface area (Å²) in [5.74, 6) is -0.196. The average Bonchev–Trinajstić information content (AvgIpc) is 3.24. The third-order valence-corrected chi connectivity index (χ3v) is 5.17. The summed E-state index contributed by atoms with van der Waals surface area (Å²) >= 11 is 0. The highest BCUT2D eigenvalue weighted by Gasteiger charge is 2.17. The number of carbonyl (C=O) groups is 1. The Morgan fingerprint density at radius 3 is 2.48 bits per heavy atom. The van der Waals surface area contributed by atoms with Gasteiger partial charge in [0.1, 0.15) is 31.2 Å². The molecule has 0 bridgehead atoms. The largest absolute Gasteiger partial charge is 0.451 e. The molecule has 5 nitrogen and oxygen atoms in total. The first-order valence-corrected chi connectivity index (χ1v) is 9.82. The molecule has 0 radical (unpaired) electrons. The predicted molar refractivity (Wildman–Crippen MR) is 107 cm³/mol. The molecule has 0 saturated carbocycles. The van der Waals surface area contributed by atoms with Gasteiger partial charge in [-0.1, -0.05) is 36.4 Å². The second-order valence-corrected chi connectivity index (χ2v) is 7.13. The number of halogens is 1. The van der Waals surface area contributed by atoms with Crippen molar-refractivity contribution in [2.75, 3.05) is 26.3 Å². The third kappa shape index (κ3) is 4.72. The zero-order valence-corrected chi connectivity index (χ0v) is 16.1. The minimum absolute atomic E-state index is 0.166. The number of ether oxygens (including phenoxy) is 1. The highest BCUT2D eigenvalue weighted by Crippen LogP contribution is 2.24.